The third kappa shape index (κ3) is 2.88. The largest absolute Gasteiger partial charge is 0.329 e. The zero-order valence-electron chi connectivity index (χ0n) is 13.0. The van der Waals surface area contributed by atoms with Gasteiger partial charge in [-0.2, -0.15) is 0 Å². The van der Waals surface area contributed by atoms with Gasteiger partial charge in [-0.05, 0) is 48.5 Å². The van der Waals surface area contributed by atoms with E-state index in [9.17, 15) is 13.2 Å². The summed E-state index contributed by atoms with van der Waals surface area (Å²) in [5, 5.41) is 1.11. The number of carbonyl (C=O) groups excluding carboxylic acids is 1. The first kappa shape index (κ1) is 16.7. The molecule has 2 aliphatic rings. The normalized spacial score (nSPS) is 24.6. The molecule has 0 aromatic heterocycles. The molecule has 2 aromatic carbocycles. The molecule has 2 saturated heterocycles. The van der Waals surface area contributed by atoms with Gasteiger partial charge in [0.25, 0.3) is 0 Å². The number of rotatable bonds is 2. The second-order valence-corrected chi connectivity index (χ2v) is 9.21. The molecule has 5 nitrogen and oxygen atoms in total. The van der Waals surface area contributed by atoms with Crippen LogP contribution in [0.3, 0.4) is 0 Å². The summed E-state index contributed by atoms with van der Waals surface area (Å²) in [5.74, 6) is -0.0910. The molecule has 2 heterocycles. The first-order valence-electron chi connectivity index (χ1n) is 7.70. The van der Waals surface area contributed by atoms with Gasteiger partial charge in [0, 0.05) is 21.4 Å². The summed E-state index contributed by atoms with van der Waals surface area (Å²) in [6.07, 6.45) is 0. The predicted octanol–water partition coefficient (Wildman–Crippen LogP) is 3.61. The van der Waals surface area contributed by atoms with Gasteiger partial charge in [-0.3, -0.25) is 9.80 Å². The lowest BCUT2D eigenvalue weighted by molar-refractivity contribution is 0.255. The number of urea groups is 1. The molecule has 2 amide bonds. The third-order valence-corrected chi connectivity index (χ3v) is 6.78. The summed E-state index contributed by atoms with van der Waals surface area (Å²) in [7, 11) is -3.21. The van der Waals surface area contributed by atoms with Gasteiger partial charge in [-0.1, -0.05) is 23.2 Å². The van der Waals surface area contributed by atoms with Crippen molar-refractivity contribution in [2.75, 3.05) is 21.3 Å². The van der Waals surface area contributed by atoms with Gasteiger partial charge < -0.3 is 0 Å². The number of benzene rings is 2. The molecular weight excluding hydrogens is 383 g/mol. The van der Waals surface area contributed by atoms with Crippen LogP contribution in [0.5, 0.6) is 0 Å². The maximum atomic E-state index is 13.1. The van der Waals surface area contributed by atoms with Crippen molar-refractivity contribution in [3.63, 3.8) is 0 Å². The van der Waals surface area contributed by atoms with Gasteiger partial charge in [0.2, 0.25) is 0 Å². The average Bonchev–Trinajstić information content (AvgIpc) is 2.99. The molecule has 0 unspecified atom stereocenters. The number of anilines is 2. The van der Waals surface area contributed by atoms with Crippen molar-refractivity contribution in [1.82, 2.24) is 0 Å². The highest BCUT2D eigenvalue weighted by atomic mass is 35.5. The van der Waals surface area contributed by atoms with E-state index < -0.39 is 21.9 Å². The van der Waals surface area contributed by atoms with Crippen LogP contribution in [0.1, 0.15) is 0 Å². The third-order valence-electron chi connectivity index (χ3n) is 4.58. The summed E-state index contributed by atoms with van der Waals surface area (Å²) >= 11 is 11.9. The van der Waals surface area contributed by atoms with Crippen LogP contribution in [-0.2, 0) is 9.84 Å². The second-order valence-electron chi connectivity index (χ2n) is 6.19. The second kappa shape index (κ2) is 5.90. The van der Waals surface area contributed by atoms with Gasteiger partial charge >= 0.3 is 6.03 Å². The molecule has 8 heteroatoms. The Kier molecular flexibility index (Phi) is 3.94. The maximum absolute atomic E-state index is 13.1. The van der Waals surface area contributed by atoms with Crippen LogP contribution in [0.15, 0.2) is 48.5 Å². The Hall–Kier alpha value is -1.76. The molecule has 2 atom stereocenters. The van der Waals surface area contributed by atoms with Crippen molar-refractivity contribution in [3.8, 4) is 0 Å². The van der Waals surface area contributed by atoms with Gasteiger partial charge in [0.15, 0.2) is 9.84 Å². The van der Waals surface area contributed by atoms with Crippen LogP contribution in [0.4, 0.5) is 16.2 Å². The van der Waals surface area contributed by atoms with Crippen LogP contribution in [0, 0.1) is 0 Å². The fraction of sp³-hybridized carbons (Fsp3) is 0.235. The van der Waals surface area contributed by atoms with E-state index in [2.05, 4.69) is 0 Å². The quantitative estimate of drug-likeness (QED) is 0.728. The van der Waals surface area contributed by atoms with Gasteiger partial charge in [0.05, 0.1) is 23.6 Å². The lowest BCUT2D eigenvalue weighted by Gasteiger charge is -2.22. The first-order chi connectivity index (χ1) is 11.9. The topological polar surface area (TPSA) is 57.7 Å². The van der Waals surface area contributed by atoms with Crippen LogP contribution >= 0.6 is 23.2 Å². The van der Waals surface area contributed by atoms with Gasteiger partial charge in [-0.25, -0.2) is 13.2 Å². The number of hydrogen-bond acceptors (Lipinski definition) is 3. The molecule has 0 radical (unpaired) electrons. The molecule has 0 saturated carbocycles. The van der Waals surface area contributed by atoms with E-state index in [-0.39, 0.29) is 17.5 Å². The molecule has 2 aromatic rings. The van der Waals surface area contributed by atoms with Crippen molar-refractivity contribution in [1.29, 1.82) is 0 Å². The van der Waals surface area contributed by atoms with Crippen molar-refractivity contribution >= 4 is 50.4 Å². The lowest BCUT2D eigenvalue weighted by Crippen LogP contribution is -2.37. The average molecular weight is 397 g/mol. The van der Waals surface area contributed by atoms with Crippen LogP contribution in [0.2, 0.25) is 10.0 Å². The standard InChI is InChI=1S/C17H14Cl2N2O3S/c18-11-1-5-13(6-2-11)20-15-9-25(23,24)10-16(15)21(17(20)22)14-7-3-12(19)4-8-14/h1-8,15-16H,9-10H2/t15-,16-/m0/s1. The number of fused-ring (bicyclic) bond motifs is 1. The van der Waals surface area contributed by atoms with Crippen LogP contribution < -0.4 is 9.80 Å². The van der Waals surface area contributed by atoms with E-state index >= 15 is 0 Å². The molecule has 2 fully saturated rings. The minimum Gasteiger partial charge on any atom is -0.288 e. The van der Waals surface area contributed by atoms with E-state index in [1.54, 1.807) is 58.3 Å². The summed E-state index contributed by atoms with van der Waals surface area (Å²) in [6.45, 7) is 0. The summed E-state index contributed by atoms with van der Waals surface area (Å²) in [6, 6.07) is 12.6. The number of carbonyl (C=O) groups is 1. The Balaban J connectivity index is 1.79. The van der Waals surface area contributed by atoms with E-state index in [1.807, 2.05) is 0 Å². The van der Waals surface area contributed by atoms with Crippen molar-refractivity contribution in [2.24, 2.45) is 0 Å². The molecule has 0 aliphatic carbocycles. The number of sulfone groups is 1. The van der Waals surface area contributed by atoms with E-state index in [0.717, 1.165) is 0 Å². The Morgan fingerprint density at radius 2 is 1.12 bits per heavy atom. The monoisotopic (exact) mass is 396 g/mol. The molecule has 130 valence electrons. The van der Waals surface area contributed by atoms with Crippen LogP contribution in [-0.4, -0.2) is 38.0 Å². The molecule has 0 spiro atoms. The van der Waals surface area contributed by atoms with Crippen molar-refractivity contribution in [2.45, 2.75) is 12.1 Å². The molecular formula is C17H14Cl2N2O3S. The van der Waals surface area contributed by atoms with E-state index in [1.165, 1.54) is 0 Å². The Labute approximate surface area is 155 Å². The van der Waals surface area contributed by atoms with Crippen molar-refractivity contribution in [3.05, 3.63) is 58.6 Å². The smallest absolute Gasteiger partial charge is 0.288 e. The summed E-state index contributed by atoms with van der Waals surface area (Å²) in [4.78, 5) is 16.2. The lowest BCUT2D eigenvalue weighted by atomic mass is 10.1. The van der Waals surface area contributed by atoms with Gasteiger partial charge in [0.1, 0.15) is 0 Å². The SMILES string of the molecule is O=C1N(c2ccc(Cl)cc2)[C@H]2CS(=O)(=O)C[C@@H]2N1c1ccc(Cl)cc1. The van der Waals surface area contributed by atoms with Gasteiger partial charge in [-0.15, -0.1) is 0 Å². The zero-order valence-corrected chi connectivity index (χ0v) is 15.3. The number of amides is 2. The van der Waals surface area contributed by atoms with E-state index in [4.69, 9.17) is 23.2 Å². The Bertz CT molecular complexity index is 860. The van der Waals surface area contributed by atoms with E-state index in [0.29, 0.717) is 21.4 Å². The fourth-order valence-electron chi connectivity index (χ4n) is 3.51. The number of nitrogens with zero attached hydrogens (tertiary/aromatic N) is 2. The number of halogens is 2. The highest BCUT2D eigenvalue weighted by Crippen LogP contribution is 2.38. The van der Waals surface area contributed by atoms with Crippen molar-refractivity contribution < 1.29 is 13.2 Å². The molecule has 0 bridgehead atoms. The fourth-order valence-corrected chi connectivity index (χ4v) is 5.68. The van der Waals surface area contributed by atoms with Crippen LogP contribution in [0.25, 0.3) is 0 Å². The zero-order chi connectivity index (χ0) is 17.8. The molecule has 4 rings (SSSR count). The minimum absolute atomic E-state index is 0.0455. The summed E-state index contributed by atoms with van der Waals surface area (Å²) in [5.41, 5.74) is 1.27. The minimum atomic E-state index is -3.21. The Morgan fingerprint density at radius 3 is 1.48 bits per heavy atom. The predicted molar refractivity (Wildman–Crippen MR) is 99.5 cm³/mol. The highest BCUT2D eigenvalue weighted by molar-refractivity contribution is 7.91. The highest BCUT2D eigenvalue weighted by Gasteiger charge is 2.54. The molecule has 0 N–H and O–H groups in total. The Morgan fingerprint density at radius 1 is 0.760 bits per heavy atom. The summed E-state index contributed by atoms with van der Waals surface area (Å²) < 4.78 is 24.4. The molecule has 2 aliphatic heterocycles. The number of hydrogen-bond donors (Lipinski definition) is 0. The first-order valence-corrected chi connectivity index (χ1v) is 10.3. The molecule has 25 heavy (non-hydrogen) atoms. The maximum Gasteiger partial charge on any atom is 0.329 e.